The van der Waals surface area contributed by atoms with Crippen LogP contribution in [0.25, 0.3) is 10.4 Å². The molecule has 1 aliphatic heterocycles. The van der Waals surface area contributed by atoms with Gasteiger partial charge in [0.1, 0.15) is 0 Å². The minimum Gasteiger partial charge on any atom is -0.346 e. The standard InChI is InChI=1S/C13H10N2OS/c14-10-7-15-13(16)9-6-11(17-12(9)10)8-4-2-1-3-5-8/h1-6,14H,7H2,(H,15,16). The van der Waals surface area contributed by atoms with Crippen molar-refractivity contribution in [2.24, 2.45) is 0 Å². The monoisotopic (exact) mass is 242 g/mol. The van der Waals surface area contributed by atoms with E-state index in [1.54, 1.807) is 0 Å². The fourth-order valence-electron chi connectivity index (χ4n) is 1.87. The molecule has 4 heteroatoms. The number of fused-ring (bicyclic) bond motifs is 1. The molecule has 0 saturated heterocycles. The van der Waals surface area contributed by atoms with Crippen LogP contribution in [0.1, 0.15) is 15.2 Å². The Kier molecular flexibility index (Phi) is 2.30. The van der Waals surface area contributed by atoms with Crippen molar-refractivity contribution in [2.45, 2.75) is 0 Å². The molecule has 0 saturated carbocycles. The average molecular weight is 242 g/mol. The number of hydrogen-bond donors (Lipinski definition) is 2. The van der Waals surface area contributed by atoms with E-state index in [4.69, 9.17) is 5.41 Å². The maximum Gasteiger partial charge on any atom is 0.253 e. The van der Waals surface area contributed by atoms with Gasteiger partial charge in [-0.25, -0.2) is 0 Å². The van der Waals surface area contributed by atoms with Crippen molar-refractivity contribution in [1.82, 2.24) is 5.32 Å². The Balaban J connectivity index is 2.13. The second-order valence-corrected chi connectivity index (χ2v) is 4.93. The molecule has 0 aliphatic carbocycles. The number of hydrogen-bond acceptors (Lipinski definition) is 3. The normalized spacial score (nSPS) is 14.4. The molecule has 0 unspecified atom stereocenters. The minimum atomic E-state index is -0.0746. The largest absolute Gasteiger partial charge is 0.346 e. The highest BCUT2D eigenvalue weighted by Gasteiger charge is 2.24. The molecule has 2 heterocycles. The summed E-state index contributed by atoms with van der Waals surface area (Å²) in [6, 6.07) is 11.8. The number of carbonyl (C=O) groups is 1. The number of rotatable bonds is 1. The number of amides is 1. The number of carbonyl (C=O) groups excluding carboxylic acids is 1. The Labute approximate surface area is 103 Å². The van der Waals surface area contributed by atoms with Crippen LogP contribution in [0.4, 0.5) is 0 Å². The second kappa shape index (κ2) is 3.82. The molecule has 1 amide bonds. The molecule has 3 nitrogen and oxygen atoms in total. The van der Waals surface area contributed by atoms with Gasteiger partial charge in [-0.05, 0) is 11.6 Å². The van der Waals surface area contributed by atoms with Crippen molar-refractivity contribution >= 4 is 23.0 Å². The lowest BCUT2D eigenvalue weighted by Gasteiger charge is -2.12. The van der Waals surface area contributed by atoms with Crippen LogP contribution in [0, 0.1) is 5.41 Å². The molecule has 0 bridgehead atoms. The van der Waals surface area contributed by atoms with Gasteiger partial charge in [0.25, 0.3) is 5.91 Å². The van der Waals surface area contributed by atoms with E-state index in [2.05, 4.69) is 5.32 Å². The van der Waals surface area contributed by atoms with Gasteiger partial charge in [0.2, 0.25) is 0 Å². The summed E-state index contributed by atoms with van der Waals surface area (Å²) in [4.78, 5) is 13.5. The van der Waals surface area contributed by atoms with Gasteiger partial charge in [-0.15, -0.1) is 11.3 Å². The van der Waals surface area contributed by atoms with Crippen LogP contribution in [0.15, 0.2) is 36.4 Å². The molecule has 0 radical (unpaired) electrons. The summed E-state index contributed by atoms with van der Waals surface area (Å²) in [5, 5.41) is 10.5. The second-order valence-electron chi connectivity index (χ2n) is 3.88. The van der Waals surface area contributed by atoms with Crippen LogP contribution in [-0.2, 0) is 0 Å². The van der Waals surface area contributed by atoms with Gasteiger partial charge in [0.05, 0.1) is 22.7 Å². The van der Waals surface area contributed by atoms with Gasteiger partial charge in [-0.3, -0.25) is 4.79 Å². The molecule has 3 rings (SSSR count). The molecule has 84 valence electrons. The summed E-state index contributed by atoms with van der Waals surface area (Å²) in [6.07, 6.45) is 0. The van der Waals surface area contributed by atoms with Crippen LogP contribution in [0.2, 0.25) is 0 Å². The van der Waals surface area contributed by atoms with Crippen LogP contribution in [-0.4, -0.2) is 18.2 Å². The van der Waals surface area contributed by atoms with Crippen molar-refractivity contribution in [1.29, 1.82) is 5.41 Å². The molecular formula is C13H10N2OS. The van der Waals surface area contributed by atoms with E-state index in [1.165, 1.54) is 11.3 Å². The van der Waals surface area contributed by atoms with Crippen LogP contribution in [0.3, 0.4) is 0 Å². The summed E-state index contributed by atoms with van der Waals surface area (Å²) in [5.74, 6) is -0.0746. The number of thiophene rings is 1. The fourth-order valence-corrected chi connectivity index (χ4v) is 2.98. The van der Waals surface area contributed by atoms with Crippen molar-refractivity contribution in [3.8, 4) is 10.4 Å². The van der Waals surface area contributed by atoms with E-state index < -0.39 is 0 Å². The highest BCUT2D eigenvalue weighted by atomic mass is 32.1. The van der Waals surface area contributed by atoms with Gasteiger partial charge in [-0.2, -0.15) is 0 Å². The Morgan fingerprint density at radius 3 is 2.71 bits per heavy atom. The van der Waals surface area contributed by atoms with E-state index in [0.29, 0.717) is 17.8 Å². The molecule has 2 N–H and O–H groups in total. The summed E-state index contributed by atoms with van der Waals surface area (Å²) in [5.41, 5.74) is 2.21. The summed E-state index contributed by atoms with van der Waals surface area (Å²) in [6.45, 7) is 0.334. The lowest BCUT2D eigenvalue weighted by atomic mass is 10.1. The third-order valence-corrected chi connectivity index (χ3v) is 3.98. The number of benzene rings is 1. The van der Waals surface area contributed by atoms with Gasteiger partial charge in [0, 0.05) is 4.88 Å². The molecule has 1 aromatic carbocycles. The van der Waals surface area contributed by atoms with E-state index in [9.17, 15) is 4.79 Å². The smallest absolute Gasteiger partial charge is 0.253 e. The third-order valence-electron chi connectivity index (χ3n) is 2.73. The highest BCUT2D eigenvalue weighted by molar-refractivity contribution is 7.18. The van der Waals surface area contributed by atoms with Gasteiger partial charge in [-0.1, -0.05) is 30.3 Å². The van der Waals surface area contributed by atoms with Crippen molar-refractivity contribution in [3.63, 3.8) is 0 Å². The molecule has 1 aliphatic rings. The molecule has 0 fully saturated rings. The summed E-state index contributed by atoms with van der Waals surface area (Å²) >= 11 is 1.51. The maximum absolute atomic E-state index is 11.7. The quantitative estimate of drug-likeness (QED) is 0.793. The zero-order chi connectivity index (χ0) is 11.8. The lowest BCUT2D eigenvalue weighted by Crippen LogP contribution is -2.35. The summed E-state index contributed by atoms with van der Waals surface area (Å²) in [7, 11) is 0. The average Bonchev–Trinajstić information content (AvgIpc) is 2.81. The van der Waals surface area contributed by atoms with E-state index in [0.717, 1.165) is 15.3 Å². The van der Waals surface area contributed by atoms with Gasteiger partial charge >= 0.3 is 0 Å². The molecule has 17 heavy (non-hydrogen) atoms. The molecule has 2 aromatic rings. The maximum atomic E-state index is 11.7. The van der Waals surface area contributed by atoms with Gasteiger partial charge < -0.3 is 10.7 Å². The minimum absolute atomic E-state index is 0.0746. The van der Waals surface area contributed by atoms with Crippen LogP contribution >= 0.6 is 11.3 Å². The molecular weight excluding hydrogens is 232 g/mol. The molecule has 0 spiro atoms. The predicted octanol–water partition coefficient (Wildman–Crippen LogP) is 2.53. The van der Waals surface area contributed by atoms with E-state index in [-0.39, 0.29) is 5.91 Å². The van der Waals surface area contributed by atoms with Gasteiger partial charge in [0.15, 0.2) is 0 Å². The predicted molar refractivity (Wildman–Crippen MR) is 68.9 cm³/mol. The summed E-state index contributed by atoms with van der Waals surface area (Å²) < 4.78 is 0. The van der Waals surface area contributed by atoms with Crippen molar-refractivity contribution in [2.75, 3.05) is 6.54 Å². The topological polar surface area (TPSA) is 53.0 Å². The Morgan fingerprint density at radius 1 is 1.24 bits per heavy atom. The Morgan fingerprint density at radius 2 is 2.00 bits per heavy atom. The highest BCUT2D eigenvalue weighted by Crippen LogP contribution is 2.32. The van der Waals surface area contributed by atoms with Crippen LogP contribution in [0.5, 0.6) is 0 Å². The van der Waals surface area contributed by atoms with Crippen molar-refractivity contribution in [3.05, 3.63) is 46.8 Å². The SMILES string of the molecule is N=C1CNC(=O)c2cc(-c3ccccc3)sc21. The lowest BCUT2D eigenvalue weighted by molar-refractivity contribution is 0.0957. The van der Waals surface area contributed by atoms with E-state index >= 15 is 0 Å². The van der Waals surface area contributed by atoms with Crippen LogP contribution < -0.4 is 5.32 Å². The molecule has 0 atom stereocenters. The van der Waals surface area contributed by atoms with Crippen molar-refractivity contribution < 1.29 is 4.79 Å². The first-order valence-electron chi connectivity index (χ1n) is 5.31. The fraction of sp³-hybridized carbons (Fsp3) is 0.0769. The Hall–Kier alpha value is -1.94. The molecule has 1 aromatic heterocycles. The zero-order valence-electron chi connectivity index (χ0n) is 8.99. The first kappa shape index (κ1) is 10.2. The van der Waals surface area contributed by atoms with E-state index in [1.807, 2.05) is 36.4 Å². The first-order chi connectivity index (χ1) is 8.25. The Bertz CT molecular complexity index is 568. The first-order valence-corrected chi connectivity index (χ1v) is 6.12. The third kappa shape index (κ3) is 1.66. The number of nitrogens with one attached hydrogen (secondary N) is 2. The zero-order valence-corrected chi connectivity index (χ0v) is 9.80.